The van der Waals surface area contributed by atoms with Crippen LogP contribution in [-0.2, 0) is 14.9 Å². The fourth-order valence-corrected chi connectivity index (χ4v) is 4.11. The molecule has 9 nitrogen and oxygen atoms in total. The summed E-state index contributed by atoms with van der Waals surface area (Å²) in [5, 5.41) is 22.9. The molecule has 0 saturated carbocycles. The molecule has 3 rings (SSSR count). The van der Waals surface area contributed by atoms with Crippen molar-refractivity contribution in [2.45, 2.75) is 4.90 Å². The molecular weight excluding hydrogens is 561 g/mol. The summed E-state index contributed by atoms with van der Waals surface area (Å²) in [6, 6.07) is 19.1. The van der Waals surface area contributed by atoms with Gasteiger partial charge in [-0.05, 0) is 64.6 Å². The van der Waals surface area contributed by atoms with Crippen LogP contribution in [-0.4, -0.2) is 19.2 Å². The number of nitro groups is 1. The maximum Gasteiger partial charge on any atom is 0.339 e. The Bertz CT molecular complexity index is 1400. The molecule has 0 atom stereocenters. The van der Waals surface area contributed by atoms with Gasteiger partial charge in [0.15, 0.2) is 0 Å². The van der Waals surface area contributed by atoms with Crippen molar-refractivity contribution in [3.8, 4) is 11.8 Å². The molecule has 0 aliphatic heterocycles. The molecule has 0 saturated heterocycles. The van der Waals surface area contributed by atoms with Gasteiger partial charge in [-0.2, -0.15) is 13.7 Å². The summed E-state index contributed by atoms with van der Waals surface area (Å²) in [4.78, 5) is 22.2. The third-order valence-electron chi connectivity index (χ3n) is 4.20. The number of para-hydroxylation sites is 1. The van der Waals surface area contributed by atoms with E-state index in [1.165, 1.54) is 48.5 Å². The highest BCUT2D eigenvalue weighted by Gasteiger charge is 2.20. The molecule has 1 amide bonds. The second-order valence-corrected chi connectivity index (χ2v) is 9.17. The molecule has 1 N–H and O–H groups in total. The Morgan fingerprint density at radius 2 is 1.79 bits per heavy atom. The normalized spacial score (nSPS) is 11.3. The van der Waals surface area contributed by atoms with Gasteiger partial charge in [0.05, 0.1) is 10.6 Å². The number of rotatable bonds is 7. The van der Waals surface area contributed by atoms with E-state index in [0.29, 0.717) is 11.3 Å². The van der Waals surface area contributed by atoms with E-state index in [4.69, 9.17) is 4.18 Å². The first-order chi connectivity index (χ1) is 15.7. The van der Waals surface area contributed by atoms with Crippen molar-refractivity contribution < 1.29 is 22.3 Å². The Morgan fingerprint density at radius 3 is 2.42 bits per heavy atom. The van der Waals surface area contributed by atoms with Gasteiger partial charge in [-0.1, -0.05) is 30.3 Å². The number of hydrogen-bond acceptors (Lipinski definition) is 7. The molecule has 0 aliphatic rings. The van der Waals surface area contributed by atoms with Gasteiger partial charge in [0.25, 0.3) is 11.6 Å². The van der Waals surface area contributed by atoms with Crippen LogP contribution in [0, 0.1) is 25.0 Å². The van der Waals surface area contributed by atoms with Crippen LogP contribution in [0.4, 0.5) is 11.4 Å². The minimum atomic E-state index is -4.30. The summed E-state index contributed by atoms with van der Waals surface area (Å²) in [6.45, 7) is 0. The zero-order chi connectivity index (χ0) is 24.0. The average molecular weight is 575 g/mol. The summed E-state index contributed by atoms with van der Waals surface area (Å²) < 4.78 is 30.7. The minimum Gasteiger partial charge on any atom is -0.379 e. The van der Waals surface area contributed by atoms with Crippen molar-refractivity contribution in [3.05, 3.63) is 97.6 Å². The molecule has 11 heteroatoms. The van der Waals surface area contributed by atoms with Gasteiger partial charge in [0, 0.05) is 15.7 Å². The monoisotopic (exact) mass is 575 g/mol. The third-order valence-corrected chi connectivity index (χ3v) is 6.39. The summed E-state index contributed by atoms with van der Waals surface area (Å²) >= 11 is 2.06. The SMILES string of the molecule is N#C/C(=C/c1ccc(OS(=O)(=O)c2cccc([N+](=O)[O-])c2)cc1)C(=O)Nc1ccccc1I. The van der Waals surface area contributed by atoms with E-state index in [1.54, 1.807) is 12.1 Å². The molecule has 33 heavy (non-hydrogen) atoms. The molecule has 0 radical (unpaired) electrons. The van der Waals surface area contributed by atoms with Crippen molar-refractivity contribution in [3.63, 3.8) is 0 Å². The molecule has 0 spiro atoms. The fraction of sp³-hybridized carbons (Fsp3) is 0. The number of carbonyl (C=O) groups is 1. The van der Waals surface area contributed by atoms with Crippen LogP contribution < -0.4 is 9.50 Å². The second-order valence-electron chi connectivity index (χ2n) is 6.46. The number of nitro benzene ring substituents is 1. The number of nitrogens with one attached hydrogen (secondary N) is 1. The average Bonchev–Trinajstić information content (AvgIpc) is 2.80. The van der Waals surface area contributed by atoms with E-state index in [0.717, 1.165) is 9.64 Å². The van der Waals surface area contributed by atoms with Crippen LogP contribution >= 0.6 is 22.6 Å². The Morgan fingerprint density at radius 1 is 1.09 bits per heavy atom. The minimum absolute atomic E-state index is 0.0412. The van der Waals surface area contributed by atoms with E-state index in [-0.39, 0.29) is 21.9 Å². The number of nitrogens with zero attached hydrogens (tertiary/aromatic N) is 2. The number of nitriles is 1. The Labute approximate surface area is 202 Å². The van der Waals surface area contributed by atoms with Gasteiger partial charge < -0.3 is 9.50 Å². The van der Waals surface area contributed by atoms with Crippen LogP contribution in [0.2, 0.25) is 0 Å². The lowest BCUT2D eigenvalue weighted by Gasteiger charge is -2.08. The maximum absolute atomic E-state index is 12.4. The quantitative estimate of drug-likeness (QED) is 0.109. The van der Waals surface area contributed by atoms with Crippen LogP contribution in [0.3, 0.4) is 0 Å². The maximum atomic E-state index is 12.4. The number of amides is 1. The van der Waals surface area contributed by atoms with Crippen molar-refractivity contribution >= 4 is 56.1 Å². The first kappa shape index (κ1) is 23.9. The Kier molecular flexibility index (Phi) is 7.41. The molecule has 0 unspecified atom stereocenters. The second kappa shape index (κ2) is 10.2. The molecule has 0 heterocycles. The van der Waals surface area contributed by atoms with Gasteiger partial charge in [-0.25, -0.2) is 0 Å². The zero-order valence-electron chi connectivity index (χ0n) is 16.6. The Hall–Kier alpha value is -3.76. The van der Waals surface area contributed by atoms with Crippen LogP contribution in [0.15, 0.2) is 83.3 Å². The number of carbonyl (C=O) groups excluding carboxylic acids is 1. The lowest BCUT2D eigenvalue weighted by molar-refractivity contribution is -0.385. The van der Waals surface area contributed by atoms with Gasteiger partial charge in [-0.3, -0.25) is 14.9 Å². The number of halogens is 1. The largest absolute Gasteiger partial charge is 0.379 e. The lowest BCUT2D eigenvalue weighted by Crippen LogP contribution is -2.14. The molecular formula is C22H14IN3O6S. The smallest absolute Gasteiger partial charge is 0.339 e. The number of anilines is 1. The topological polar surface area (TPSA) is 139 Å². The number of non-ortho nitro benzene ring substituents is 1. The van der Waals surface area contributed by atoms with Crippen molar-refractivity contribution in [1.29, 1.82) is 5.26 Å². The van der Waals surface area contributed by atoms with E-state index in [2.05, 4.69) is 27.9 Å². The van der Waals surface area contributed by atoms with Gasteiger partial charge in [-0.15, -0.1) is 0 Å². The van der Waals surface area contributed by atoms with E-state index >= 15 is 0 Å². The number of benzene rings is 3. The predicted octanol–water partition coefficient (Wildman–Crippen LogP) is 4.51. The molecule has 0 aliphatic carbocycles. The standard InChI is InChI=1S/C22H14IN3O6S/c23-20-6-1-2-7-21(20)25-22(27)16(14-24)12-15-8-10-18(11-9-15)32-33(30,31)19-5-3-4-17(13-19)26(28)29/h1-13H,(H,25,27)/b16-12-. The van der Waals surface area contributed by atoms with Crippen molar-refractivity contribution in [2.24, 2.45) is 0 Å². The summed E-state index contributed by atoms with van der Waals surface area (Å²) in [6.07, 6.45) is 1.35. The zero-order valence-corrected chi connectivity index (χ0v) is 19.6. The van der Waals surface area contributed by atoms with Crippen LogP contribution in [0.1, 0.15) is 5.56 Å². The van der Waals surface area contributed by atoms with Crippen molar-refractivity contribution in [2.75, 3.05) is 5.32 Å². The van der Waals surface area contributed by atoms with E-state index < -0.39 is 20.9 Å². The van der Waals surface area contributed by atoms with E-state index in [1.807, 2.05) is 18.2 Å². The highest BCUT2D eigenvalue weighted by atomic mass is 127. The van der Waals surface area contributed by atoms with Gasteiger partial charge in [0.2, 0.25) is 0 Å². The van der Waals surface area contributed by atoms with Crippen LogP contribution in [0.25, 0.3) is 6.08 Å². The van der Waals surface area contributed by atoms with Crippen LogP contribution in [0.5, 0.6) is 5.75 Å². The third kappa shape index (κ3) is 6.15. The first-order valence-corrected chi connectivity index (χ1v) is 11.6. The molecule has 0 fully saturated rings. The van der Waals surface area contributed by atoms with E-state index in [9.17, 15) is 28.6 Å². The molecule has 0 bridgehead atoms. The highest BCUT2D eigenvalue weighted by molar-refractivity contribution is 14.1. The molecule has 3 aromatic rings. The van der Waals surface area contributed by atoms with Crippen molar-refractivity contribution in [1.82, 2.24) is 0 Å². The first-order valence-electron chi connectivity index (χ1n) is 9.16. The summed E-state index contributed by atoms with van der Waals surface area (Å²) in [5.74, 6) is -0.629. The molecule has 0 aromatic heterocycles. The summed E-state index contributed by atoms with van der Waals surface area (Å²) in [5.41, 5.74) is 0.504. The predicted molar refractivity (Wildman–Crippen MR) is 129 cm³/mol. The highest BCUT2D eigenvalue weighted by Crippen LogP contribution is 2.23. The lowest BCUT2D eigenvalue weighted by atomic mass is 10.1. The Balaban J connectivity index is 1.76. The van der Waals surface area contributed by atoms with Gasteiger partial charge in [0.1, 0.15) is 22.3 Å². The van der Waals surface area contributed by atoms with Gasteiger partial charge >= 0.3 is 10.1 Å². The number of hydrogen-bond donors (Lipinski definition) is 1. The fourth-order valence-electron chi connectivity index (χ4n) is 2.61. The summed E-state index contributed by atoms with van der Waals surface area (Å²) in [7, 11) is -4.30. The molecule has 3 aromatic carbocycles. The molecule has 166 valence electrons.